The minimum atomic E-state index is -0.501. The number of amides is 1. The van der Waals surface area contributed by atoms with Gasteiger partial charge in [0.2, 0.25) is 5.91 Å². The molecule has 1 heterocycles. The van der Waals surface area contributed by atoms with E-state index in [1.54, 1.807) is 4.90 Å². The molecule has 0 radical (unpaired) electrons. The second-order valence-electron chi connectivity index (χ2n) is 5.35. The maximum Gasteiger partial charge on any atom is 0.246 e. The molecule has 1 aromatic carbocycles. The molecule has 2 rings (SSSR count). The van der Waals surface area contributed by atoms with E-state index in [1.165, 1.54) is 11.1 Å². The highest BCUT2D eigenvalue weighted by Gasteiger charge is 2.29. The fraction of sp³-hybridized carbons (Fsp3) is 0.533. The van der Waals surface area contributed by atoms with E-state index in [4.69, 9.17) is 0 Å². The van der Waals surface area contributed by atoms with E-state index in [0.29, 0.717) is 6.54 Å². The number of nitrogens with one attached hydrogen (secondary N) is 1. The van der Waals surface area contributed by atoms with Gasteiger partial charge in [0.1, 0.15) is 6.04 Å². The van der Waals surface area contributed by atoms with Gasteiger partial charge in [-0.2, -0.15) is 0 Å². The van der Waals surface area contributed by atoms with Crippen molar-refractivity contribution in [1.29, 1.82) is 0 Å². The number of aliphatic hydroxyl groups excluding tert-OH is 1. The summed E-state index contributed by atoms with van der Waals surface area (Å²) in [5, 5.41) is 12.5. The fourth-order valence-corrected chi connectivity index (χ4v) is 2.40. The Bertz CT molecular complexity index is 473. The van der Waals surface area contributed by atoms with Gasteiger partial charge in [-0.1, -0.05) is 6.07 Å². The number of aryl methyl sites for hydroxylation is 2. The Morgan fingerprint density at radius 2 is 2.11 bits per heavy atom. The van der Waals surface area contributed by atoms with Crippen LogP contribution in [0, 0.1) is 13.8 Å². The van der Waals surface area contributed by atoms with Crippen molar-refractivity contribution in [3.05, 3.63) is 29.3 Å². The SMILES string of the molecule is Cc1ccc(N2CCC(C)NC(CO)C2=O)cc1C. The van der Waals surface area contributed by atoms with Crippen LogP contribution in [0.5, 0.6) is 0 Å². The number of nitrogens with zero attached hydrogens (tertiary/aromatic N) is 1. The zero-order valence-corrected chi connectivity index (χ0v) is 11.8. The molecular weight excluding hydrogens is 240 g/mol. The molecule has 1 aliphatic rings. The molecule has 2 atom stereocenters. The predicted octanol–water partition coefficient (Wildman–Crippen LogP) is 1.38. The van der Waals surface area contributed by atoms with Gasteiger partial charge in [-0.3, -0.25) is 4.79 Å². The van der Waals surface area contributed by atoms with Gasteiger partial charge in [0.25, 0.3) is 0 Å². The van der Waals surface area contributed by atoms with Crippen LogP contribution in [-0.2, 0) is 4.79 Å². The molecule has 19 heavy (non-hydrogen) atoms. The Hall–Kier alpha value is -1.39. The summed E-state index contributed by atoms with van der Waals surface area (Å²) in [5.41, 5.74) is 3.31. The summed E-state index contributed by atoms with van der Waals surface area (Å²) in [6, 6.07) is 5.78. The first-order valence-electron chi connectivity index (χ1n) is 6.78. The molecule has 4 heteroatoms. The molecule has 0 bridgehead atoms. The average molecular weight is 262 g/mol. The minimum absolute atomic E-state index is 0.0462. The number of rotatable bonds is 2. The molecule has 1 aromatic rings. The molecule has 1 saturated heterocycles. The zero-order chi connectivity index (χ0) is 14.0. The van der Waals surface area contributed by atoms with E-state index in [0.717, 1.165) is 12.1 Å². The van der Waals surface area contributed by atoms with Crippen LogP contribution in [0.15, 0.2) is 18.2 Å². The smallest absolute Gasteiger partial charge is 0.246 e. The first-order valence-corrected chi connectivity index (χ1v) is 6.78. The van der Waals surface area contributed by atoms with Gasteiger partial charge in [0.15, 0.2) is 0 Å². The number of hydrogen-bond donors (Lipinski definition) is 2. The van der Waals surface area contributed by atoms with Crippen LogP contribution in [-0.4, -0.2) is 36.2 Å². The molecule has 104 valence electrons. The standard InChI is InChI=1S/C15H22N2O2/c1-10-4-5-13(8-11(10)2)17-7-6-12(3)16-14(9-18)15(17)19/h4-5,8,12,14,16,18H,6-7,9H2,1-3H3. The molecular formula is C15H22N2O2. The summed E-state index contributed by atoms with van der Waals surface area (Å²) < 4.78 is 0. The van der Waals surface area contributed by atoms with Crippen LogP contribution in [0.1, 0.15) is 24.5 Å². The van der Waals surface area contributed by atoms with Crippen molar-refractivity contribution in [1.82, 2.24) is 5.32 Å². The largest absolute Gasteiger partial charge is 0.394 e. The van der Waals surface area contributed by atoms with Crippen LogP contribution < -0.4 is 10.2 Å². The number of benzene rings is 1. The van der Waals surface area contributed by atoms with Crippen molar-refractivity contribution < 1.29 is 9.90 Å². The van der Waals surface area contributed by atoms with Crippen molar-refractivity contribution in [3.8, 4) is 0 Å². The maximum absolute atomic E-state index is 12.4. The molecule has 0 spiro atoms. The number of hydrogen-bond acceptors (Lipinski definition) is 3. The molecule has 4 nitrogen and oxygen atoms in total. The predicted molar refractivity (Wildman–Crippen MR) is 76.4 cm³/mol. The van der Waals surface area contributed by atoms with E-state index >= 15 is 0 Å². The van der Waals surface area contributed by atoms with Crippen LogP contribution in [0.4, 0.5) is 5.69 Å². The minimum Gasteiger partial charge on any atom is -0.394 e. The van der Waals surface area contributed by atoms with Gasteiger partial charge in [0.05, 0.1) is 6.61 Å². The van der Waals surface area contributed by atoms with E-state index in [1.807, 2.05) is 32.0 Å². The highest BCUT2D eigenvalue weighted by molar-refractivity contribution is 5.97. The number of carbonyl (C=O) groups excluding carboxylic acids is 1. The van der Waals surface area contributed by atoms with E-state index in [9.17, 15) is 9.90 Å². The quantitative estimate of drug-likeness (QED) is 0.846. The van der Waals surface area contributed by atoms with Crippen molar-refractivity contribution in [2.45, 2.75) is 39.3 Å². The van der Waals surface area contributed by atoms with E-state index in [2.05, 4.69) is 12.2 Å². The Morgan fingerprint density at radius 3 is 2.74 bits per heavy atom. The van der Waals surface area contributed by atoms with Crippen LogP contribution in [0.25, 0.3) is 0 Å². The van der Waals surface area contributed by atoms with Crippen LogP contribution in [0.3, 0.4) is 0 Å². The van der Waals surface area contributed by atoms with E-state index < -0.39 is 6.04 Å². The van der Waals surface area contributed by atoms with Crippen molar-refractivity contribution in [3.63, 3.8) is 0 Å². The van der Waals surface area contributed by atoms with Gasteiger partial charge in [-0.15, -0.1) is 0 Å². The van der Waals surface area contributed by atoms with Gasteiger partial charge >= 0.3 is 0 Å². The lowest BCUT2D eigenvalue weighted by atomic mass is 10.1. The lowest BCUT2D eigenvalue weighted by Gasteiger charge is -2.24. The first-order chi connectivity index (χ1) is 9.02. The third kappa shape index (κ3) is 2.96. The highest BCUT2D eigenvalue weighted by Crippen LogP contribution is 2.21. The summed E-state index contributed by atoms with van der Waals surface area (Å²) in [7, 11) is 0. The average Bonchev–Trinajstić information content (AvgIpc) is 2.53. The second kappa shape index (κ2) is 5.72. The Kier molecular flexibility index (Phi) is 4.22. The molecule has 0 aliphatic carbocycles. The topological polar surface area (TPSA) is 52.6 Å². The lowest BCUT2D eigenvalue weighted by Crippen LogP contribution is -2.47. The normalized spacial score (nSPS) is 24.4. The molecule has 0 saturated carbocycles. The Morgan fingerprint density at radius 1 is 1.37 bits per heavy atom. The van der Waals surface area contributed by atoms with Gasteiger partial charge in [-0.05, 0) is 50.5 Å². The fourth-order valence-electron chi connectivity index (χ4n) is 2.40. The summed E-state index contributed by atoms with van der Waals surface area (Å²) in [5.74, 6) is -0.0462. The summed E-state index contributed by atoms with van der Waals surface area (Å²) >= 11 is 0. The van der Waals surface area contributed by atoms with Crippen molar-refractivity contribution >= 4 is 11.6 Å². The second-order valence-corrected chi connectivity index (χ2v) is 5.35. The monoisotopic (exact) mass is 262 g/mol. The van der Waals surface area contributed by atoms with Crippen LogP contribution >= 0.6 is 0 Å². The summed E-state index contributed by atoms with van der Waals surface area (Å²) in [6.07, 6.45) is 0.884. The third-order valence-electron chi connectivity index (χ3n) is 3.82. The van der Waals surface area contributed by atoms with Crippen LogP contribution in [0.2, 0.25) is 0 Å². The number of carbonyl (C=O) groups is 1. The number of aliphatic hydroxyl groups is 1. The molecule has 1 fully saturated rings. The lowest BCUT2D eigenvalue weighted by molar-refractivity contribution is -0.121. The molecule has 1 amide bonds. The summed E-state index contributed by atoms with van der Waals surface area (Å²) in [6.45, 7) is 6.67. The Balaban J connectivity index is 2.30. The van der Waals surface area contributed by atoms with Crippen molar-refractivity contribution in [2.75, 3.05) is 18.1 Å². The van der Waals surface area contributed by atoms with Gasteiger partial charge in [-0.25, -0.2) is 0 Å². The number of anilines is 1. The molecule has 2 N–H and O–H groups in total. The highest BCUT2D eigenvalue weighted by atomic mass is 16.3. The van der Waals surface area contributed by atoms with Gasteiger partial charge in [0, 0.05) is 18.3 Å². The molecule has 0 aromatic heterocycles. The Labute approximate surface area is 114 Å². The third-order valence-corrected chi connectivity index (χ3v) is 3.82. The van der Waals surface area contributed by atoms with Gasteiger partial charge < -0.3 is 15.3 Å². The maximum atomic E-state index is 12.4. The van der Waals surface area contributed by atoms with E-state index in [-0.39, 0.29) is 18.6 Å². The first kappa shape index (κ1) is 14.0. The van der Waals surface area contributed by atoms with Crippen molar-refractivity contribution in [2.24, 2.45) is 0 Å². The zero-order valence-electron chi connectivity index (χ0n) is 11.8. The molecule has 2 unspecified atom stereocenters. The summed E-state index contributed by atoms with van der Waals surface area (Å²) in [4.78, 5) is 14.2. The molecule has 1 aliphatic heterocycles.